The summed E-state index contributed by atoms with van der Waals surface area (Å²) in [5, 5.41) is 10.7. The van der Waals surface area contributed by atoms with Crippen molar-refractivity contribution in [2.24, 2.45) is 51.8 Å². The molecule has 2 nitrogen and oxygen atoms in total. The van der Waals surface area contributed by atoms with Gasteiger partial charge in [-0.25, -0.2) is 0 Å². The van der Waals surface area contributed by atoms with Gasteiger partial charge in [0.05, 0.1) is 6.10 Å². The summed E-state index contributed by atoms with van der Waals surface area (Å²) in [6.07, 6.45) is 12.5. The summed E-state index contributed by atoms with van der Waals surface area (Å²) in [6.45, 7) is 16.5. The van der Waals surface area contributed by atoms with Crippen molar-refractivity contribution in [1.29, 1.82) is 0 Å². The van der Waals surface area contributed by atoms with Crippen LogP contribution in [0.2, 0.25) is 0 Å². The van der Waals surface area contributed by atoms with E-state index < -0.39 is 0 Å². The molecule has 2 heteroatoms. The Morgan fingerprint density at radius 3 is 2.42 bits per heavy atom. The average molecular weight is 429 g/mol. The fourth-order valence-corrected chi connectivity index (χ4v) is 9.20. The molecule has 0 unspecified atom stereocenters. The number of ketones is 1. The Morgan fingerprint density at radius 2 is 1.74 bits per heavy atom. The highest BCUT2D eigenvalue weighted by Crippen LogP contribution is 2.68. The van der Waals surface area contributed by atoms with Gasteiger partial charge in [0.1, 0.15) is 5.78 Å². The van der Waals surface area contributed by atoms with Crippen molar-refractivity contribution in [3.8, 4) is 0 Å². The van der Waals surface area contributed by atoms with E-state index in [1.807, 2.05) is 0 Å². The van der Waals surface area contributed by atoms with E-state index in [0.717, 1.165) is 31.6 Å². The van der Waals surface area contributed by atoms with Gasteiger partial charge in [-0.1, -0.05) is 73.0 Å². The Labute approximate surface area is 191 Å². The molecule has 0 spiro atoms. The molecule has 31 heavy (non-hydrogen) atoms. The number of fused-ring (bicyclic) bond motifs is 5. The third-order valence-electron chi connectivity index (χ3n) is 10.9. The molecule has 1 N–H and O–H groups in total. The van der Waals surface area contributed by atoms with Crippen molar-refractivity contribution in [3.63, 3.8) is 0 Å². The van der Waals surface area contributed by atoms with E-state index in [2.05, 4.69) is 54.5 Å². The zero-order valence-electron chi connectivity index (χ0n) is 21.3. The number of aliphatic hydroxyl groups excluding tert-OH is 1. The van der Waals surface area contributed by atoms with Gasteiger partial charge in [-0.05, 0) is 78.9 Å². The van der Waals surface area contributed by atoms with Crippen LogP contribution in [-0.4, -0.2) is 17.0 Å². The fourth-order valence-electron chi connectivity index (χ4n) is 9.20. The molecule has 0 heterocycles. The van der Waals surface area contributed by atoms with E-state index in [0.29, 0.717) is 29.5 Å². The number of carbonyl (C=O) groups is 1. The summed E-state index contributed by atoms with van der Waals surface area (Å²) >= 11 is 0. The standard InChI is InChI=1S/C29H48O2/c1-18(2)9-8-10-19(3)26-23(30)17-22-20-11-12-24-27(4,5)25(31)14-16-28(24,6)21(20)13-15-29(22,26)7/h12,18-22,25-26,31H,8-11,13-17H2,1-7H3/t19-,20-,21+,22+,25-,26+,28-,29+/m1/s1. The lowest BCUT2D eigenvalue weighted by Crippen LogP contribution is -2.54. The van der Waals surface area contributed by atoms with Gasteiger partial charge in [0.15, 0.2) is 0 Å². The first-order valence-electron chi connectivity index (χ1n) is 13.3. The normalized spacial score (nSPS) is 45.0. The van der Waals surface area contributed by atoms with E-state index in [-0.39, 0.29) is 28.3 Å². The number of Topliss-reactive ketones (excluding diaryl/α,β-unsaturated/α-hetero) is 1. The van der Waals surface area contributed by atoms with Crippen molar-refractivity contribution in [1.82, 2.24) is 0 Å². The van der Waals surface area contributed by atoms with Gasteiger partial charge in [-0.2, -0.15) is 0 Å². The lowest BCUT2D eigenvalue weighted by Gasteiger charge is -2.61. The van der Waals surface area contributed by atoms with Crippen molar-refractivity contribution in [2.75, 3.05) is 0 Å². The van der Waals surface area contributed by atoms with Crippen LogP contribution in [0.4, 0.5) is 0 Å². The Hall–Kier alpha value is -0.630. The second-order valence-corrected chi connectivity index (χ2v) is 13.4. The number of allylic oxidation sites excluding steroid dienone is 1. The van der Waals surface area contributed by atoms with Gasteiger partial charge in [-0.15, -0.1) is 0 Å². The summed E-state index contributed by atoms with van der Waals surface area (Å²) in [6, 6.07) is 0. The van der Waals surface area contributed by atoms with Crippen LogP contribution in [0.1, 0.15) is 106 Å². The van der Waals surface area contributed by atoms with Gasteiger partial charge >= 0.3 is 0 Å². The number of carbonyl (C=O) groups excluding carboxylic acids is 1. The van der Waals surface area contributed by atoms with Crippen LogP contribution < -0.4 is 0 Å². The molecule has 3 fully saturated rings. The van der Waals surface area contributed by atoms with Crippen LogP contribution >= 0.6 is 0 Å². The molecular formula is C29H48O2. The van der Waals surface area contributed by atoms with E-state index in [9.17, 15) is 9.90 Å². The van der Waals surface area contributed by atoms with E-state index >= 15 is 0 Å². The summed E-state index contributed by atoms with van der Waals surface area (Å²) < 4.78 is 0. The molecule has 3 saturated carbocycles. The van der Waals surface area contributed by atoms with Crippen LogP contribution in [-0.2, 0) is 4.79 Å². The SMILES string of the molecule is CC(C)CCC[C@@H](C)[C@H]1C(=O)C[C@H]2[C@@H]3CC=C4C(C)(C)[C@H](O)CC[C@]4(C)[C@H]3CC[C@]12C. The zero-order valence-corrected chi connectivity index (χ0v) is 21.3. The Bertz CT molecular complexity index is 733. The summed E-state index contributed by atoms with van der Waals surface area (Å²) in [5.74, 6) is 4.01. The Kier molecular flexibility index (Phi) is 6.07. The van der Waals surface area contributed by atoms with Crippen molar-refractivity contribution in [2.45, 2.75) is 112 Å². The predicted octanol–water partition coefficient (Wildman–Crippen LogP) is 7.20. The van der Waals surface area contributed by atoms with Crippen LogP contribution in [0, 0.1) is 51.8 Å². The molecule has 0 amide bonds. The van der Waals surface area contributed by atoms with Gasteiger partial charge in [0.2, 0.25) is 0 Å². The minimum Gasteiger partial charge on any atom is -0.392 e. The number of hydrogen-bond acceptors (Lipinski definition) is 2. The van der Waals surface area contributed by atoms with E-state index in [1.54, 1.807) is 0 Å². The average Bonchev–Trinajstić information content (AvgIpc) is 2.95. The van der Waals surface area contributed by atoms with E-state index in [4.69, 9.17) is 0 Å². The maximum absolute atomic E-state index is 13.4. The summed E-state index contributed by atoms with van der Waals surface area (Å²) in [4.78, 5) is 13.4. The van der Waals surface area contributed by atoms with Gasteiger partial charge in [0.25, 0.3) is 0 Å². The van der Waals surface area contributed by atoms with Crippen molar-refractivity contribution in [3.05, 3.63) is 11.6 Å². The molecule has 4 rings (SSSR count). The minimum atomic E-state index is -0.221. The Morgan fingerprint density at radius 1 is 1.03 bits per heavy atom. The molecule has 0 bridgehead atoms. The van der Waals surface area contributed by atoms with Gasteiger partial charge in [-0.3, -0.25) is 4.79 Å². The molecule has 176 valence electrons. The lowest BCUT2D eigenvalue weighted by atomic mass is 9.44. The first kappa shape index (κ1) is 23.5. The highest BCUT2D eigenvalue weighted by molar-refractivity contribution is 5.85. The fraction of sp³-hybridized carbons (Fsp3) is 0.897. The largest absolute Gasteiger partial charge is 0.392 e. The molecule has 4 aliphatic carbocycles. The monoisotopic (exact) mass is 428 g/mol. The lowest BCUT2D eigenvalue weighted by molar-refractivity contribution is -0.124. The molecule has 4 aliphatic rings. The Balaban J connectivity index is 1.58. The maximum atomic E-state index is 13.4. The molecule has 0 aliphatic heterocycles. The minimum absolute atomic E-state index is 0.113. The third-order valence-corrected chi connectivity index (χ3v) is 10.9. The van der Waals surface area contributed by atoms with E-state index in [1.165, 1.54) is 37.7 Å². The second-order valence-electron chi connectivity index (χ2n) is 13.4. The molecule has 0 aromatic heterocycles. The topological polar surface area (TPSA) is 37.3 Å². The van der Waals surface area contributed by atoms with Crippen LogP contribution in [0.5, 0.6) is 0 Å². The van der Waals surface area contributed by atoms with Crippen molar-refractivity contribution < 1.29 is 9.90 Å². The number of aliphatic hydroxyl groups is 1. The number of hydrogen-bond donors (Lipinski definition) is 1. The van der Waals surface area contributed by atoms with Crippen LogP contribution in [0.15, 0.2) is 11.6 Å². The van der Waals surface area contributed by atoms with Crippen LogP contribution in [0.25, 0.3) is 0 Å². The maximum Gasteiger partial charge on any atom is 0.137 e. The first-order valence-corrected chi connectivity index (χ1v) is 13.3. The molecule has 8 atom stereocenters. The highest BCUT2D eigenvalue weighted by Gasteiger charge is 2.63. The molecule has 0 saturated heterocycles. The summed E-state index contributed by atoms with van der Waals surface area (Å²) in [5.41, 5.74) is 1.81. The predicted molar refractivity (Wildman–Crippen MR) is 129 cm³/mol. The molecule has 0 aromatic rings. The zero-order chi connectivity index (χ0) is 22.8. The first-order chi connectivity index (χ1) is 14.4. The van der Waals surface area contributed by atoms with Gasteiger partial charge in [0, 0.05) is 17.8 Å². The van der Waals surface area contributed by atoms with Crippen molar-refractivity contribution >= 4 is 5.78 Å². The molecule has 0 radical (unpaired) electrons. The third kappa shape index (κ3) is 3.58. The summed E-state index contributed by atoms with van der Waals surface area (Å²) in [7, 11) is 0. The second kappa shape index (κ2) is 8.00. The molecular weight excluding hydrogens is 380 g/mol. The molecule has 0 aromatic carbocycles. The quantitative estimate of drug-likeness (QED) is 0.470. The number of rotatable bonds is 5. The highest BCUT2D eigenvalue weighted by atomic mass is 16.3. The van der Waals surface area contributed by atoms with Gasteiger partial charge < -0.3 is 5.11 Å². The van der Waals surface area contributed by atoms with Crippen LogP contribution in [0.3, 0.4) is 0 Å². The smallest absolute Gasteiger partial charge is 0.137 e.